The number of hydrogen-bond acceptors (Lipinski definition) is 5. The molecule has 0 spiro atoms. The van der Waals surface area contributed by atoms with Crippen LogP contribution in [0.3, 0.4) is 0 Å². The van der Waals surface area contributed by atoms with Gasteiger partial charge < -0.3 is 9.64 Å². The Morgan fingerprint density at radius 1 is 1.35 bits per heavy atom. The molecule has 0 N–H and O–H groups in total. The highest BCUT2D eigenvalue weighted by atomic mass is 35.5. The van der Waals surface area contributed by atoms with Crippen LogP contribution in [0.25, 0.3) is 0 Å². The maximum atomic E-state index is 12.3. The van der Waals surface area contributed by atoms with Crippen LogP contribution in [-0.4, -0.2) is 66.5 Å². The lowest BCUT2D eigenvalue weighted by molar-refractivity contribution is -0.142. The molecule has 2 heterocycles. The third kappa shape index (κ3) is 3.46. The Kier molecular flexibility index (Phi) is 4.92. The summed E-state index contributed by atoms with van der Waals surface area (Å²) in [4.78, 5) is 31.1. The third-order valence-corrected chi connectivity index (χ3v) is 3.54. The summed E-state index contributed by atoms with van der Waals surface area (Å²) < 4.78 is 4.63. The van der Waals surface area contributed by atoms with Gasteiger partial charge in [0.25, 0.3) is 5.91 Å². The van der Waals surface area contributed by atoms with Gasteiger partial charge in [0.2, 0.25) is 0 Å². The molecule has 108 valence electrons. The Bertz CT molecular complexity index is 501. The van der Waals surface area contributed by atoms with Crippen molar-refractivity contribution in [1.29, 1.82) is 0 Å². The molecule has 1 aliphatic heterocycles. The smallest absolute Gasteiger partial charge is 0.319 e. The van der Waals surface area contributed by atoms with Gasteiger partial charge in [0.15, 0.2) is 0 Å². The Morgan fingerprint density at radius 2 is 2.05 bits per heavy atom. The third-order valence-electron chi connectivity index (χ3n) is 3.24. The molecule has 1 fully saturated rings. The Labute approximate surface area is 122 Å². The number of carbonyl (C=O) groups is 2. The molecule has 0 saturated carbocycles. The average Bonchev–Trinajstić information content (AvgIpc) is 2.47. The molecule has 6 nitrogen and oxygen atoms in total. The van der Waals surface area contributed by atoms with Crippen molar-refractivity contribution in [3.05, 3.63) is 29.0 Å². The van der Waals surface area contributed by atoms with Gasteiger partial charge in [-0.2, -0.15) is 0 Å². The van der Waals surface area contributed by atoms with E-state index < -0.39 is 0 Å². The standard InChI is InChI=1S/C13H16ClN3O3/c1-20-12(18)9-16-4-6-17(7-5-16)13(19)10-2-3-15-8-11(10)14/h2-3,8H,4-7,9H2,1H3. The van der Waals surface area contributed by atoms with Gasteiger partial charge in [-0.3, -0.25) is 19.5 Å². The highest BCUT2D eigenvalue weighted by Gasteiger charge is 2.24. The normalized spacial score (nSPS) is 16.0. The first-order valence-electron chi connectivity index (χ1n) is 6.29. The van der Waals surface area contributed by atoms with Gasteiger partial charge in [0.05, 0.1) is 24.2 Å². The van der Waals surface area contributed by atoms with Crippen molar-refractivity contribution in [2.45, 2.75) is 0 Å². The summed E-state index contributed by atoms with van der Waals surface area (Å²) in [6.45, 7) is 2.67. The zero-order valence-electron chi connectivity index (χ0n) is 11.2. The lowest BCUT2D eigenvalue weighted by atomic mass is 10.2. The van der Waals surface area contributed by atoms with Crippen LogP contribution in [0.4, 0.5) is 0 Å². The summed E-state index contributed by atoms with van der Waals surface area (Å²) in [5.74, 6) is -0.364. The number of esters is 1. The largest absolute Gasteiger partial charge is 0.468 e. The number of hydrogen-bond donors (Lipinski definition) is 0. The fourth-order valence-electron chi connectivity index (χ4n) is 2.08. The second-order valence-electron chi connectivity index (χ2n) is 4.50. The van der Waals surface area contributed by atoms with Gasteiger partial charge in [-0.05, 0) is 6.07 Å². The minimum Gasteiger partial charge on any atom is -0.468 e. The van der Waals surface area contributed by atoms with E-state index in [0.29, 0.717) is 36.8 Å². The quantitative estimate of drug-likeness (QED) is 0.767. The monoisotopic (exact) mass is 297 g/mol. The number of ether oxygens (including phenoxy) is 1. The van der Waals surface area contributed by atoms with E-state index in [1.165, 1.54) is 13.3 Å². The molecular weight excluding hydrogens is 282 g/mol. The van der Waals surface area contributed by atoms with Crippen LogP contribution >= 0.6 is 11.6 Å². The first-order valence-corrected chi connectivity index (χ1v) is 6.67. The summed E-state index contributed by atoms with van der Waals surface area (Å²) >= 11 is 5.97. The SMILES string of the molecule is COC(=O)CN1CCN(C(=O)c2ccncc2Cl)CC1. The minimum absolute atomic E-state index is 0.102. The molecule has 1 aromatic heterocycles. The molecule has 1 aromatic rings. The summed E-state index contributed by atoms with van der Waals surface area (Å²) in [6, 6.07) is 1.62. The number of rotatable bonds is 3. The van der Waals surface area contributed by atoms with Crippen molar-refractivity contribution in [3.63, 3.8) is 0 Å². The molecule has 1 saturated heterocycles. The molecule has 0 bridgehead atoms. The maximum absolute atomic E-state index is 12.3. The lowest BCUT2D eigenvalue weighted by Gasteiger charge is -2.34. The predicted octanol–water partition coefficient (Wildman–Crippen LogP) is 0.666. The second kappa shape index (κ2) is 6.67. The van der Waals surface area contributed by atoms with Gasteiger partial charge in [0.1, 0.15) is 0 Å². The Morgan fingerprint density at radius 3 is 2.65 bits per heavy atom. The fourth-order valence-corrected chi connectivity index (χ4v) is 2.28. The first kappa shape index (κ1) is 14.7. The number of methoxy groups -OCH3 is 1. The molecule has 0 atom stereocenters. The molecule has 0 aliphatic carbocycles. The number of carbonyl (C=O) groups excluding carboxylic acids is 2. The van der Waals surface area contributed by atoms with Gasteiger partial charge in [-0.1, -0.05) is 11.6 Å². The van der Waals surface area contributed by atoms with Crippen LogP contribution in [0, 0.1) is 0 Å². The predicted molar refractivity (Wildman–Crippen MR) is 73.6 cm³/mol. The lowest BCUT2D eigenvalue weighted by Crippen LogP contribution is -2.50. The maximum Gasteiger partial charge on any atom is 0.319 e. The van der Waals surface area contributed by atoms with E-state index in [2.05, 4.69) is 9.72 Å². The molecular formula is C13H16ClN3O3. The highest BCUT2D eigenvalue weighted by molar-refractivity contribution is 6.33. The van der Waals surface area contributed by atoms with E-state index in [9.17, 15) is 9.59 Å². The number of piperazine rings is 1. The molecule has 2 rings (SSSR count). The molecule has 1 amide bonds. The number of pyridine rings is 1. The van der Waals surface area contributed by atoms with Crippen LogP contribution in [-0.2, 0) is 9.53 Å². The van der Waals surface area contributed by atoms with Crippen molar-refractivity contribution >= 4 is 23.5 Å². The second-order valence-corrected chi connectivity index (χ2v) is 4.91. The van der Waals surface area contributed by atoms with Gasteiger partial charge >= 0.3 is 5.97 Å². The van der Waals surface area contributed by atoms with Crippen molar-refractivity contribution in [1.82, 2.24) is 14.8 Å². The topological polar surface area (TPSA) is 62.7 Å². The van der Waals surface area contributed by atoms with Crippen molar-refractivity contribution < 1.29 is 14.3 Å². The van der Waals surface area contributed by atoms with E-state index in [0.717, 1.165) is 0 Å². The summed E-state index contributed by atoms with van der Waals surface area (Å²) in [6.07, 6.45) is 3.01. The van der Waals surface area contributed by atoms with E-state index in [-0.39, 0.29) is 18.4 Å². The van der Waals surface area contributed by atoms with E-state index >= 15 is 0 Å². The van der Waals surface area contributed by atoms with Crippen molar-refractivity contribution in [2.75, 3.05) is 39.8 Å². The summed E-state index contributed by atoms with van der Waals surface area (Å²) in [5, 5.41) is 0.356. The number of amides is 1. The first-order chi connectivity index (χ1) is 9.61. The average molecular weight is 298 g/mol. The summed E-state index contributed by atoms with van der Waals surface area (Å²) in [7, 11) is 1.37. The zero-order chi connectivity index (χ0) is 14.5. The number of aromatic nitrogens is 1. The van der Waals surface area contributed by atoms with Gasteiger partial charge in [-0.25, -0.2) is 0 Å². The number of nitrogens with zero attached hydrogens (tertiary/aromatic N) is 3. The van der Waals surface area contributed by atoms with E-state index in [1.807, 2.05) is 4.90 Å². The number of halogens is 1. The molecule has 20 heavy (non-hydrogen) atoms. The summed E-state index contributed by atoms with van der Waals surface area (Å²) in [5.41, 5.74) is 0.461. The van der Waals surface area contributed by atoms with Crippen LogP contribution in [0.5, 0.6) is 0 Å². The van der Waals surface area contributed by atoms with E-state index in [4.69, 9.17) is 11.6 Å². The van der Waals surface area contributed by atoms with Crippen LogP contribution in [0.15, 0.2) is 18.5 Å². The molecule has 0 aromatic carbocycles. The molecule has 0 unspecified atom stereocenters. The van der Waals surface area contributed by atoms with Crippen molar-refractivity contribution in [3.8, 4) is 0 Å². The molecule has 0 radical (unpaired) electrons. The highest BCUT2D eigenvalue weighted by Crippen LogP contribution is 2.16. The van der Waals surface area contributed by atoms with Gasteiger partial charge in [0, 0.05) is 38.6 Å². The Hall–Kier alpha value is -1.66. The van der Waals surface area contributed by atoms with Crippen LogP contribution in [0.2, 0.25) is 5.02 Å². The van der Waals surface area contributed by atoms with Crippen molar-refractivity contribution in [2.24, 2.45) is 0 Å². The molecule has 7 heteroatoms. The minimum atomic E-state index is -0.262. The van der Waals surface area contributed by atoms with Crippen LogP contribution in [0.1, 0.15) is 10.4 Å². The van der Waals surface area contributed by atoms with Gasteiger partial charge in [-0.15, -0.1) is 0 Å². The van der Waals surface area contributed by atoms with Crippen LogP contribution < -0.4 is 0 Å². The fraction of sp³-hybridized carbons (Fsp3) is 0.462. The zero-order valence-corrected chi connectivity index (χ0v) is 12.0. The van der Waals surface area contributed by atoms with E-state index in [1.54, 1.807) is 17.2 Å². The Balaban J connectivity index is 1.92. The molecule has 1 aliphatic rings.